The zero-order valence-electron chi connectivity index (χ0n) is 14.8. The molecule has 138 valence electrons. The molecule has 24 heavy (non-hydrogen) atoms. The molecule has 2 bridgehead atoms. The Bertz CT molecular complexity index is 410. The second-order valence-electron chi connectivity index (χ2n) is 8.30. The predicted octanol–water partition coefficient (Wildman–Crippen LogP) is 3.28. The summed E-state index contributed by atoms with van der Waals surface area (Å²) in [5, 5.41) is 3.69. The van der Waals surface area contributed by atoms with Gasteiger partial charge in [0.2, 0.25) is 5.91 Å². The molecular weight excluding hydrogens is 324 g/mol. The molecule has 0 spiro atoms. The maximum atomic E-state index is 13.1. The van der Waals surface area contributed by atoms with Crippen LogP contribution >= 0.6 is 12.4 Å². The summed E-state index contributed by atoms with van der Waals surface area (Å²) in [7, 11) is 0. The van der Waals surface area contributed by atoms with Gasteiger partial charge in [-0.05, 0) is 57.3 Å². The number of carbonyl (C=O) groups is 1. The molecule has 1 amide bonds. The van der Waals surface area contributed by atoms with Gasteiger partial charge in [-0.25, -0.2) is 0 Å². The van der Waals surface area contributed by atoms with Crippen LogP contribution in [0.4, 0.5) is 0 Å². The Morgan fingerprint density at radius 1 is 1.00 bits per heavy atom. The molecule has 1 saturated carbocycles. The summed E-state index contributed by atoms with van der Waals surface area (Å²) < 4.78 is 5.82. The zero-order valence-corrected chi connectivity index (χ0v) is 15.6. The maximum absolute atomic E-state index is 13.1. The summed E-state index contributed by atoms with van der Waals surface area (Å²) in [6.07, 6.45) is 13.4. The molecule has 0 aromatic heterocycles. The van der Waals surface area contributed by atoms with Crippen LogP contribution in [0.3, 0.4) is 0 Å². The van der Waals surface area contributed by atoms with E-state index in [9.17, 15) is 4.79 Å². The van der Waals surface area contributed by atoms with Gasteiger partial charge in [-0.2, -0.15) is 0 Å². The van der Waals surface area contributed by atoms with Gasteiger partial charge in [-0.15, -0.1) is 12.4 Å². The summed E-state index contributed by atoms with van der Waals surface area (Å²) in [6, 6.07) is 1.86. The van der Waals surface area contributed by atoms with Crippen molar-refractivity contribution in [2.75, 3.05) is 13.2 Å². The van der Waals surface area contributed by atoms with Gasteiger partial charge in [0.15, 0.2) is 0 Å². The van der Waals surface area contributed by atoms with Crippen molar-refractivity contribution in [1.82, 2.24) is 10.2 Å². The zero-order chi connectivity index (χ0) is 15.6. The maximum Gasteiger partial charge on any atom is 0.223 e. The summed E-state index contributed by atoms with van der Waals surface area (Å²) in [5.74, 6) is 1.02. The Balaban J connectivity index is 0.00000169. The molecule has 0 radical (unpaired) electrons. The topological polar surface area (TPSA) is 41.6 Å². The number of nitrogens with zero attached hydrogens (tertiary/aromatic N) is 1. The van der Waals surface area contributed by atoms with E-state index in [0.717, 1.165) is 32.4 Å². The van der Waals surface area contributed by atoms with Gasteiger partial charge in [0.05, 0.1) is 6.10 Å². The van der Waals surface area contributed by atoms with Gasteiger partial charge in [0.1, 0.15) is 0 Å². The monoisotopic (exact) mass is 356 g/mol. The van der Waals surface area contributed by atoms with Crippen LogP contribution in [0.25, 0.3) is 0 Å². The molecular formula is C19H33ClN2O2. The van der Waals surface area contributed by atoms with Crippen LogP contribution in [0, 0.1) is 5.92 Å². The van der Waals surface area contributed by atoms with Crippen molar-refractivity contribution in [3.05, 3.63) is 0 Å². The van der Waals surface area contributed by atoms with Gasteiger partial charge in [0, 0.05) is 37.7 Å². The summed E-state index contributed by atoms with van der Waals surface area (Å²) in [5.41, 5.74) is 0. The number of hydrogen-bond donors (Lipinski definition) is 1. The fourth-order valence-electron chi connectivity index (χ4n) is 5.38. The van der Waals surface area contributed by atoms with Crippen molar-refractivity contribution in [2.45, 2.75) is 94.9 Å². The lowest BCUT2D eigenvalue weighted by atomic mass is 9.89. The summed E-state index contributed by atoms with van der Waals surface area (Å²) >= 11 is 0. The fraction of sp³-hybridized carbons (Fsp3) is 0.947. The number of fused-ring (bicyclic) bond motifs is 2. The van der Waals surface area contributed by atoms with Crippen LogP contribution < -0.4 is 5.32 Å². The minimum atomic E-state index is 0. The van der Waals surface area contributed by atoms with Crippen LogP contribution in [0.15, 0.2) is 0 Å². The molecule has 4 nitrogen and oxygen atoms in total. The highest BCUT2D eigenvalue weighted by Crippen LogP contribution is 2.34. The second-order valence-corrected chi connectivity index (χ2v) is 8.30. The minimum absolute atomic E-state index is 0. The van der Waals surface area contributed by atoms with Gasteiger partial charge in [-0.3, -0.25) is 4.79 Å². The van der Waals surface area contributed by atoms with E-state index in [2.05, 4.69) is 10.2 Å². The molecule has 4 aliphatic rings. The van der Waals surface area contributed by atoms with Gasteiger partial charge >= 0.3 is 0 Å². The van der Waals surface area contributed by atoms with Crippen molar-refractivity contribution in [3.8, 4) is 0 Å². The Hall–Kier alpha value is -0.320. The number of amides is 1. The third kappa shape index (κ3) is 4.25. The van der Waals surface area contributed by atoms with E-state index in [4.69, 9.17) is 4.74 Å². The highest BCUT2D eigenvalue weighted by molar-refractivity contribution is 5.85. The second kappa shape index (κ2) is 8.37. The molecule has 5 heteroatoms. The van der Waals surface area contributed by atoms with Crippen LogP contribution in [0.2, 0.25) is 0 Å². The molecule has 0 aromatic carbocycles. The smallest absolute Gasteiger partial charge is 0.223 e. The number of ether oxygens (including phenoxy) is 1. The standard InChI is InChI=1S/C19H32N2O2.ClH/c22-19(12-14-10-15-7-8-16(11-14)20-15)21(17-4-1-2-5-17)13-18-6-3-9-23-18;/h14-18,20H,1-13H2;1H. The van der Waals surface area contributed by atoms with Crippen molar-refractivity contribution >= 4 is 18.3 Å². The van der Waals surface area contributed by atoms with Crippen molar-refractivity contribution < 1.29 is 9.53 Å². The molecule has 1 aliphatic carbocycles. The summed E-state index contributed by atoms with van der Waals surface area (Å²) in [4.78, 5) is 15.3. The molecule has 4 fully saturated rings. The van der Waals surface area contributed by atoms with E-state index >= 15 is 0 Å². The Labute approximate surface area is 152 Å². The normalized spacial score (nSPS) is 35.8. The highest BCUT2D eigenvalue weighted by atomic mass is 35.5. The number of piperidine rings is 1. The average Bonchev–Trinajstić information content (AvgIpc) is 3.27. The molecule has 3 atom stereocenters. The third-order valence-corrected chi connectivity index (χ3v) is 6.54. The lowest BCUT2D eigenvalue weighted by Gasteiger charge is -2.34. The van der Waals surface area contributed by atoms with Crippen molar-refractivity contribution in [2.24, 2.45) is 5.92 Å². The SMILES string of the molecule is Cl.O=C(CC1CC2CCC(C1)N2)N(CC1CCCO1)C1CCCC1. The molecule has 3 aliphatic heterocycles. The third-order valence-electron chi connectivity index (χ3n) is 6.54. The Morgan fingerprint density at radius 2 is 1.71 bits per heavy atom. The van der Waals surface area contributed by atoms with Crippen LogP contribution in [0.5, 0.6) is 0 Å². The first-order valence-electron chi connectivity index (χ1n) is 9.95. The fourth-order valence-corrected chi connectivity index (χ4v) is 5.38. The van der Waals surface area contributed by atoms with Crippen molar-refractivity contribution in [3.63, 3.8) is 0 Å². The van der Waals surface area contributed by atoms with Gasteiger partial charge < -0.3 is 15.0 Å². The van der Waals surface area contributed by atoms with E-state index < -0.39 is 0 Å². The van der Waals surface area contributed by atoms with E-state index in [-0.39, 0.29) is 12.4 Å². The molecule has 3 heterocycles. The number of rotatable bonds is 5. The average molecular weight is 357 g/mol. The first-order chi connectivity index (χ1) is 11.3. The van der Waals surface area contributed by atoms with Crippen LogP contribution in [0.1, 0.15) is 70.6 Å². The molecule has 3 unspecified atom stereocenters. The Morgan fingerprint density at radius 3 is 2.33 bits per heavy atom. The first-order valence-corrected chi connectivity index (χ1v) is 9.95. The van der Waals surface area contributed by atoms with E-state index in [1.807, 2.05) is 0 Å². The van der Waals surface area contributed by atoms with E-state index in [1.54, 1.807) is 0 Å². The molecule has 3 saturated heterocycles. The minimum Gasteiger partial charge on any atom is -0.376 e. The lowest BCUT2D eigenvalue weighted by Crippen LogP contribution is -2.45. The number of halogens is 1. The first kappa shape index (κ1) is 18.5. The molecule has 1 N–H and O–H groups in total. The van der Waals surface area contributed by atoms with Crippen LogP contribution in [-0.4, -0.2) is 48.2 Å². The number of nitrogens with one attached hydrogen (secondary N) is 1. The summed E-state index contributed by atoms with van der Waals surface area (Å²) in [6.45, 7) is 1.73. The van der Waals surface area contributed by atoms with E-state index in [0.29, 0.717) is 36.1 Å². The molecule has 0 aromatic rings. The van der Waals surface area contributed by atoms with E-state index in [1.165, 1.54) is 51.4 Å². The Kier molecular flexibility index (Phi) is 6.44. The van der Waals surface area contributed by atoms with Gasteiger partial charge in [-0.1, -0.05) is 12.8 Å². The number of hydrogen-bond acceptors (Lipinski definition) is 3. The predicted molar refractivity (Wildman–Crippen MR) is 97.5 cm³/mol. The van der Waals surface area contributed by atoms with Crippen molar-refractivity contribution in [1.29, 1.82) is 0 Å². The highest BCUT2D eigenvalue weighted by Gasteiger charge is 2.36. The molecule has 4 rings (SSSR count). The van der Waals surface area contributed by atoms with Crippen LogP contribution in [-0.2, 0) is 9.53 Å². The number of carbonyl (C=O) groups excluding carboxylic acids is 1. The lowest BCUT2D eigenvalue weighted by molar-refractivity contribution is -0.136. The largest absolute Gasteiger partial charge is 0.376 e. The van der Waals surface area contributed by atoms with Gasteiger partial charge in [0.25, 0.3) is 0 Å². The quantitative estimate of drug-likeness (QED) is 0.821.